The number of amides is 3. The quantitative estimate of drug-likeness (QED) is 0.774. The summed E-state index contributed by atoms with van der Waals surface area (Å²) in [5.74, 6) is -2.08. The van der Waals surface area contributed by atoms with Gasteiger partial charge in [-0.2, -0.15) is 0 Å². The van der Waals surface area contributed by atoms with Crippen molar-refractivity contribution >= 4 is 23.4 Å². The molecule has 0 atom stereocenters. The summed E-state index contributed by atoms with van der Waals surface area (Å²) in [6, 6.07) is 10.4. The van der Waals surface area contributed by atoms with Gasteiger partial charge in [0.15, 0.2) is 0 Å². The van der Waals surface area contributed by atoms with Gasteiger partial charge in [0.1, 0.15) is 5.82 Å². The van der Waals surface area contributed by atoms with Gasteiger partial charge in [-0.05, 0) is 36.8 Å². The molecule has 6 nitrogen and oxygen atoms in total. The topological polar surface area (TPSA) is 87.3 Å². The molecule has 0 saturated carbocycles. The van der Waals surface area contributed by atoms with Crippen LogP contribution in [0.1, 0.15) is 26.3 Å². The number of carbonyl (C=O) groups is 3. The first-order valence-corrected chi connectivity index (χ1v) is 7.58. The van der Waals surface area contributed by atoms with Crippen LogP contribution in [0.25, 0.3) is 0 Å². The second-order valence-corrected chi connectivity index (χ2v) is 5.27. The van der Waals surface area contributed by atoms with E-state index in [0.717, 1.165) is 0 Å². The van der Waals surface area contributed by atoms with Crippen LogP contribution < -0.4 is 16.0 Å². The van der Waals surface area contributed by atoms with Crippen molar-refractivity contribution in [3.63, 3.8) is 0 Å². The van der Waals surface area contributed by atoms with Crippen LogP contribution in [0.4, 0.5) is 10.1 Å². The van der Waals surface area contributed by atoms with E-state index in [1.807, 2.05) is 0 Å². The lowest BCUT2D eigenvalue weighted by molar-refractivity contribution is -0.115. The zero-order valence-electron chi connectivity index (χ0n) is 13.9. The number of anilines is 1. The first kappa shape index (κ1) is 18.1. The van der Waals surface area contributed by atoms with Crippen molar-refractivity contribution in [1.29, 1.82) is 0 Å². The van der Waals surface area contributed by atoms with Gasteiger partial charge in [0, 0.05) is 18.3 Å². The normalized spacial score (nSPS) is 10.0. The van der Waals surface area contributed by atoms with Crippen LogP contribution >= 0.6 is 0 Å². The Labute approximate surface area is 144 Å². The fourth-order valence-electron chi connectivity index (χ4n) is 2.25. The lowest BCUT2D eigenvalue weighted by atomic mass is 10.1. The number of halogens is 1. The van der Waals surface area contributed by atoms with Gasteiger partial charge in [-0.25, -0.2) is 4.39 Å². The highest BCUT2D eigenvalue weighted by Gasteiger charge is 2.14. The van der Waals surface area contributed by atoms with Crippen molar-refractivity contribution in [3.8, 4) is 0 Å². The van der Waals surface area contributed by atoms with E-state index in [9.17, 15) is 18.8 Å². The summed E-state index contributed by atoms with van der Waals surface area (Å²) in [7, 11) is 1.52. The smallest absolute Gasteiger partial charge is 0.254 e. The number of benzene rings is 2. The Kier molecular flexibility index (Phi) is 5.84. The maximum Gasteiger partial charge on any atom is 0.254 e. The molecule has 0 aliphatic carbocycles. The van der Waals surface area contributed by atoms with Crippen molar-refractivity contribution in [1.82, 2.24) is 10.6 Å². The standard InChI is InChI=1S/C18H18FN3O3/c1-11-12(17(24)20-2)7-5-9-15(11)22-16(23)10-21-18(25)13-6-3-4-8-14(13)19/h3-9H,10H2,1-2H3,(H,20,24)(H,21,25)(H,22,23). The zero-order valence-corrected chi connectivity index (χ0v) is 13.9. The minimum Gasteiger partial charge on any atom is -0.355 e. The molecule has 0 radical (unpaired) electrons. The summed E-state index contributed by atoms with van der Waals surface area (Å²) in [5.41, 5.74) is 1.38. The molecule has 2 aromatic rings. The van der Waals surface area contributed by atoms with Gasteiger partial charge in [0.25, 0.3) is 11.8 Å². The number of hydrogen-bond donors (Lipinski definition) is 3. The molecule has 2 rings (SSSR count). The SMILES string of the molecule is CNC(=O)c1cccc(NC(=O)CNC(=O)c2ccccc2F)c1C. The first-order valence-electron chi connectivity index (χ1n) is 7.58. The minimum atomic E-state index is -0.677. The first-order chi connectivity index (χ1) is 11.9. The van der Waals surface area contributed by atoms with Gasteiger partial charge in [-0.1, -0.05) is 18.2 Å². The third kappa shape index (κ3) is 4.41. The van der Waals surface area contributed by atoms with Crippen LogP contribution in [-0.2, 0) is 4.79 Å². The summed E-state index contributed by atoms with van der Waals surface area (Å²) in [6.45, 7) is 1.38. The molecule has 0 spiro atoms. The maximum absolute atomic E-state index is 13.5. The van der Waals surface area contributed by atoms with E-state index < -0.39 is 17.6 Å². The number of hydrogen-bond acceptors (Lipinski definition) is 3. The number of nitrogens with one attached hydrogen (secondary N) is 3. The Morgan fingerprint density at radius 1 is 0.960 bits per heavy atom. The lowest BCUT2D eigenvalue weighted by Gasteiger charge is -2.12. The molecule has 0 bridgehead atoms. The summed E-state index contributed by atoms with van der Waals surface area (Å²) in [5, 5.41) is 7.50. The van der Waals surface area contributed by atoms with Crippen LogP contribution in [0.5, 0.6) is 0 Å². The highest BCUT2D eigenvalue weighted by Crippen LogP contribution is 2.18. The van der Waals surface area contributed by atoms with Gasteiger partial charge in [-0.15, -0.1) is 0 Å². The fraction of sp³-hybridized carbons (Fsp3) is 0.167. The van der Waals surface area contributed by atoms with Crippen LogP contribution in [-0.4, -0.2) is 31.3 Å². The molecular weight excluding hydrogens is 325 g/mol. The third-order valence-electron chi connectivity index (χ3n) is 3.61. The summed E-state index contributed by atoms with van der Waals surface area (Å²) in [4.78, 5) is 35.7. The van der Waals surface area contributed by atoms with E-state index in [2.05, 4.69) is 16.0 Å². The van der Waals surface area contributed by atoms with Crippen LogP contribution in [0, 0.1) is 12.7 Å². The predicted octanol–water partition coefficient (Wildman–Crippen LogP) is 1.86. The molecule has 0 unspecified atom stereocenters. The maximum atomic E-state index is 13.5. The number of carbonyl (C=O) groups excluding carboxylic acids is 3. The molecule has 7 heteroatoms. The van der Waals surface area contributed by atoms with E-state index >= 15 is 0 Å². The molecule has 25 heavy (non-hydrogen) atoms. The van der Waals surface area contributed by atoms with Crippen LogP contribution in [0.15, 0.2) is 42.5 Å². The van der Waals surface area contributed by atoms with Crippen molar-refractivity contribution in [3.05, 3.63) is 65.0 Å². The highest BCUT2D eigenvalue weighted by molar-refractivity contribution is 6.01. The average Bonchev–Trinajstić information content (AvgIpc) is 2.61. The van der Waals surface area contributed by atoms with E-state index in [1.54, 1.807) is 25.1 Å². The summed E-state index contributed by atoms with van der Waals surface area (Å²) >= 11 is 0. The van der Waals surface area contributed by atoms with Crippen molar-refractivity contribution in [2.45, 2.75) is 6.92 Å². The van der Waals surface area contributed by atoms with Crippen LogP contribution in [0.2, 0.25) is 0 Å². The molecular formula is C18H18FN3O3. The Balaban J connectivity index is 2.00. The van der Waals surface area contributed by atoms with Gasteiger partial charge < -0.3 is 16.0 Å². The summed E-state index contributed by atoms with van der Waals surface area (Å²) < 4.78 is 13.5. The number of rotatable bonds is 5. The van der Waals surface area contributed by atoms with Crippen LogP contribution in [0.3, 0.4) is 0 Å². The Hall–Kier alpha value is -3.22. The Morgan fingerprint density at radius 3 is 2.32 bits per heavy atom. The fourth-order valence-corrected chi connectivity index (χ4v) is 2.25. The molecule has 2 aromatic carbocycles. The highest BCUT2D eigenvalue weighted by atomic mass is 19.1. The zero-order chi connectivity index (χ0) is 18.4. The van der Waals surface area contributed by atoms with Gasteiger partial charge in [0.05, 0.1) is 12.1 Å². The second-order valence-electron chi connectivity index (χ2n) is 5.27. The van der Waals surface area contributed by atoms with E-state index in [1.165, 1.54) is 31.3 Å². The molecule has 3 N–H and O–H groups in total. The van der Waals surface area contributed by atoms with Crippen molar-refractivity contribution in [2.24, 2.45) is 0 Å². The van der Waals surface area contributed by atoms with E-state index in [-0.39, 0.29) is 18.0 Å². The Bertz CT molecular complexity index is 821. The second kappa shape index (κ2) is 8.05. The molecule has 3 amide bonds. The van der Waals surface area contributed by atoms with E-state index in [0.29, 0.717) is 16.8 Å². The van der Waals surface area contributed by atoms with E-state index in [4.69, 9.17) is 0 Å². The van der Waals surface area contributed by atoms with Gasteiger partial charge in [-0.3, -0.25) is 14.4 Å². The lowest BCUT2D eigenvalue weighted by Crippen LogP contribution is -2.33. The molecule has 0 saturated heterocycles. The third-order valence-corrected chi connectivity index (χ3v) is 3.61. The van der Waals surface area contributed by atoms with Crippen molar-refractivity contribution < 1.29 is 18.8 Å². The molecule has 0 fully saturated rings. The average molecular weight is 343 g/mol. The van der Waals surface area contributed by atoms with Gasteiger partial charge >= 0.3 is 0 Å². The Morgan fingerprint density at radius 2 is 1.64 bits per heavy atom. The molecule has 0 aromatic heterocycles. The molecule has 130 valence electrons. The van der Waals surface area contributed by atoms with Gasteiger partial charge in [0.2, 0.25) is 5.91 Å². The summed E-state index contributed by atoms with van der Waals surface area (Å²) in [6.07, 6.45) is 0. The predicted molar refractivity (Wildman–Crippen MR) is 91.9 cm³/mol. The van der Waals surface area contributed by atoms with Crippen molar-refractivity contribution in [2.75, 3.05) is 18.9 Å². The molecule has 0 aliphatic heterocycles. The molecule has 0 heterocycles. The monoisotopic (exact) mass is 343 g/mol. The minimum absolute atomic E-state index is 0.131. The largest absolute Gasteiger partial charge is 0.355 e. The molecule has 0 aliphatic rings.